The summed E-state index contributed by atoms with van der Waals surface area (Å²) in [5, 5.41) is 2.07. The van der Waals surface area contributed by atoms with Gasteiger partial charge < -0.3 is 10.3 Å². The van der Waals surface area contributed by atoms with Crippen LogP contribution in [0.25, 0.3) is 5.57 Å². The third-order valence-electron chi connectivity index (χ3n) is 4.89. The number of nitrogens with one attached hydrogen (secondary N) is 1. The first-order chi connectivity index (χ1) is 12.2. The third-order valence-corrected chi connectivity index (χ3v) is 4.89. The Bertz CT molecular complexity index is 864. The number of para-hydroxylation sites is 2. The molecule has 4 rings (SSSR count). The van der Waals surface area contributed by atoms with Crippen LogP contribution in [0.5, 0.6) is 0 Å². The fraction of sp³-hybridized carbons (Fsp3) is 0.182. The SMILES string of the molecule is C=C1C=C(NN(C)c2ccccc2)C2C(=C1)c1ccccc1N2CC. The van der Waals surface area contributed by atoms with Crippen LogP contribution in [0.1, 0.15) is 12.5 Å². The van der Waals surface area contributed by atoms with Crippen LogP contribution in [0.4, 0.5) is 11.4 Å². The Morgan fingerprint density at radius 3 is 2.52 bits per heavy atom. The predicted molar refractivity (Wildman–Crippen MR) is 106 cm³/mol. The summed E-state index contributed by atoms with van der Waals surface area (Å²) in [4.78, 5) is 2.45. The molecule has 0 aromatic heterocycles. The fourth-order valence-electron chi connectivity index (χ4n) is 3.79. The monoisotopic (exact) mass is 329 g/mol. The molecule has 1 N–H and O–H groups in total. The number of likely N-dealkylation sites (N-methyl/N-ethyl adjacent to an activating group) is 1. The number of hydrogen-bond donors (Lipinski definition) is 1. The van der Waals surface area contributed by atoms with Gasteiger partial charge in [0.1, 0.15) is 0 Å². The van der Waals surface area contributed by atoms with Crippen LogP contribution in [0.3, 0.4) is 0 Å². The average molecular weight is 329 g/mol. The highest BCUT2D eigenvalue weighted by Gasteiger charge is 2.37. The quantitative estimate of drug-likeness (QED) is 0.840. The smallest absolute Gasteiger partial charge is 0.0966 e. The number of anilines is 2. The molecule has 0 spiro atoms. The first kappa shape index (κ1) is 15.6. The fourth-order valence-corrected chi connectivity index (χ4v) is 3.79. The second-order valence-electron chi connectivity index (χ2n) is 6.49. The van der Waals surface area contributed by atoms with Gasteiger partial charge in [0.2, 0.25) is 0 Å². The van der Waals surface area contributed by atoms with Gasteiger partial charge in [-0.05, 0) is 48.4 Å². The Morgan fingerprint density at radius 1 is 1.04 bits per heavy atom. The number of hydrazine groups is 1. The zero-order chi connectivity index (χ0) is 17.4. The van der Waals surface area contributed by atoms with Gasteiger partial charge in [-0.25, -0.2) is 0 Å². The van der Waals surface area contributed by atoms with E-state index in [1.165, 1.54) is 16.8 Å². The molecule has 25 heavy (non-hydrogen) atoms. The molecule has 2 aliphatic rings. The number of fused-ring (bicyclic) bond motifs is 3. The van der Waals surface area contributed by atoms with E-state index in [1.54, 1.807) is 0 Å². The van der Waals surface area contributed by atoms with Gasteiger partial charge in [0, 0.05) is 24.8 Å². The molecular formula is C22H23N3. The first-order valence-electron chi connectivity index (χ1n) is 8.72. The zero-order valence-corrected chi connectivity index (χ0v) is 14.7. The molecule has 0 amide bonds. The molecule has 1 atom stereocenters. The molecule has 1 aliphatic carbocycles. The van der Waals surface area contributed by atoms with Crippen LogP contribution in [0.2, 0.25) is 0 Å². The standard InChI is InChI=1S/C22H23N3/c1-4-25-21-13-9-8-12-18(21)19-14-16(2)15-20(22(19)25)23-24(3)17-10-6-5-7-11-17/h5-15,22-23H,2,4H2,1,3H3. The highest BCUT2D eigenvalue weighted by molar-refractivity contribution is 5.92. The molecule has 1 heterocycles. The van der Waals surface area contributed by atoms with Gasteiger partial charge in [-0.1, -0.05) is 43.0 Å². The highest BCUT2D eigenvalue weighted by atomic mass is 15.5. The molecule has 2 aromatic carbocycles. The minimum Gasteiger partial charge on any atom is -0.359 e. The Kier molecular flexibility index (Phi) is 3.85. The minimum atomic E-state index is 0.207. The second-order valence-corrected chi connectivity index (χ2v) is 6.49. The predicted octanol–water partition coefficient (Wildman–Crippen LogP) is 4.37. The lowest BCUT2D eigenvalue weighted by Gasteiger charge is -2.34. The van der Waals surface area contributed by atoms with Crippen molar-refractivity contribution >= 4 is 16.9 Å². The lowest BCUT2D eigenvalue weighted by atomic mass is 9.92. The first-order valence-corrected chi connectivity index (χ1v) is 8.72. The van der Waals surface area contributed by atoms with Crippen LogP contribution in [-0.4, -0.2) is 19.6 Å². The van der Waals surface area contributed by atoms with Crippen LogP contribution in [-0.2, 0) is 0 Å². The molecule has 3 nitrogen and oxygen atoms in total. The number of nitrogens with zero attached hydrogens (tertiary/aromatic N) is 2. The van der Waals surface area contributed by atoms with Crippen molar-refractivity contribution in [2.24, 2.45) is 0 Å². The summed E-state index contributed by atoms with van der Waals surface area (Å²) in [5.41, 5.74) is 10.8. The van der Waals surface area contributed by atoms with E-state index in [2.05, 4.69) is 96.6 Å². The largest absolute Gasteiger partial charge is 0.359 e. The average Bonchev–Trinajstić information content (AvgIpc) is 2.96. The van der Waals surface area contributed by atoms with Gasteiger partial charge in [0.25, 0.3) is 0 Å². The molecule has 1 aliphatic heterocycles. The number of hydrogen-bond acceptors (Lipinski definition) is 3. The van der Waals surface area contributed by atoms with Crippen LogP contribution in [0, 0.1) is 0 Å². The second kappa shape index (κ2) is 6.17. The Hall–Kier alpha value is -2.94. The molecule has 1 unspecified atom stereocenters. The van der Waals surface area contributed by atoms with Crippen molar-refractivity contribution in [3.63, 3.8) is 0 Å². The maximum atomic E-state index is 4.20. The molecule has 0 radical (unpaired) electrons. The topological polar surface area (TPSA) is 18.5 Å². The molecule has 0 saturated heterocycles. The van der Waals surface area contributed by atoms with E-state index in [0.29, 0.717) is 0 Å². The molecule has 0 saturated carbocycles. The maximum Gasteiger partial charge on any atom is 0.0966 e. The van der Waals surface area contributed by atoms with E-state index < -0.39 is 0 Å². The summed E-state index contributed by atoms with van der Waals surface area (Å²) in [6.07, 6.45) is 4.37. The van der Waals surface area contributed by atoms with Gasteiger partial charge in [0.05, 0.1) is 17.4 Å². The highest BCUT2D eigenvalue weighted by Crippen LogP contribution is 2.44. The van der Waals surface area contributed by atoms with E-state index in [1.807, 2.05) is 6.07 Å². The summed E-state index contributed by atoms with van der Waals surface area (Å²) in [5.74, 6) is 0. The van der Waals surface area contributed by atoms with E-state index in [4.69, 9.17) is 0 Å². The van der Waals surface area contributed by atoms with E-state index in [-0.39, 0.29) is 6.04 Å². The Morgan fingerprint density at radius 2 is 1.76 bits per heavy atom. The van der Waals surface area contributed by atoms with E-state index >= 15 is 0 Å². The molecular weight excluding hydrogens is 306 g/mol. The Labute approximate surface area is 149 Å². The zero-order valence-electron chi connectivity index (χ0n) is 14.7. The van der Waals surface area contributed by atoms with Crippen LogP contribution in [0.15, 0.2) is 84.6 Å². The number of benzene rings is 2. The lowest BCUT2D eigenvalue weighted by Crippen LogP contribution is -2.44. The van der Waals surface area contributed by atoms with Crippen LogP contribution < -0.4 is 15.3 Å². The van der Waals surface area contributed by atoms with Gasteiger partial charge >= 0.3 is 0 Å². The third kappa shape index (κ3) is 2.62. The van der Waals surface area contributed by atoms with Gasteiger partial charge in [-0.15, -0.1) is 0 Å². The molecule has 126 valence electrons. The van der Waals surface area contributed by atoms with Crippen molar-refractivity contribution in [3.05, 3.63) is 90.2 Å². The van der Waals surface area contributed by atoms with Crippen LogP contribution >= 0.6 is 0 Å². The van der Waals surface area contributed by atoms with E-state index in [0.717, 1.165) is 23.5 Å². The molecule has 2 aromatic rings. The summed E-state index contributed by atoms with van der Waals surface area (Å²) in [6, 6.07) is 19.2. The summed E-state index contributed by atoms with van der Waals surface area (Å²) in [6.45, 7) is 7.37. The minimum absolute atomic E-state index is 0.207. The molecule has 0 fully saturated rings. The number of allylic oxidation sites excluding steroid dienone is 3. The van der Waals surface area contributed by atoms with Gasteiger partial charge in [0.15, 0.2) is 0 Å². The van der Waals surface area contributed by atoms with E-state index in [9.17, 15) is 0 Å². The van der Waals surface area contributed by atoms with Gasteiger partial charge in [-0.3, -0.25) is 5.01 Å². The van der Waals surface area contributed by atoms with Crippen molar-refractivity contribution in [2.45, 2.75) is 13.0 Å². The summed E-state index contributed by atoms with van der Waals surface area (Å²) in [7, 11) is 2.05. The van der Waals surface area contributed by atoms with Crippen molar-refractivity contribution in [2.75, 3.05) is 23.5 Å². The maximum absolute atomic E-state index is 4.20. The summed E-state index contributed by atoms with van der Waals surface area (Å²) < 4.78 is 0. The lowest BCUT2D eigenvalue weighted by molar-refractivity contribution is 0.695. The van der Waals surface area contributed by atoms with Crippen molar-refractivity contribution in [1.29, 1.82) is 0 Å². The van der Waals surface area contributed by atoms with Gasteiger partial charge in [-0.2, -0.15) is 0 Å². The normalized spacial score (nSPS) is 18.2. The van der Waals surface area contributed by atoms with Crippen molar-refractivity contribution in [1.82, 2.24) is 5.43 Å². The summed E-state index contributed by atoms with van der Waals surface area (Å²) >= 11 is 0. The number of rotatable bonds is 4. The molecule has 0 bridgehead atoms. The molecule has 3 heteroatoms. The Balaban J connectivity index is 1.70. The van der Waals surface area contributed by atoms with Crippen molar-refractivity contribution in [3.8, 4) is 0 Å². The van der Waals surface area contributed by atoms with Crippen molar-refractivity contribution < 1.29 is 0 Å².